The van der Waals surface area contributed by atoms with Gasteiger partial charge >= 0.3 is 5.97 Å². The highest BCUT2D eigenvalue weighted by Gasteiger charge is 2.19. The fourth-order valence-corrected chi connectivity index (χ4v) is 2.79. The van der Waals surface area contributed by atoms with E-state index in [2.05, 4.69) is 19.1 Å². The number of benzene rings is 1. The van der Waals surface area contributed by atoms with Gasteiger partial charge in [-0.25, -0.2) is 0 Å². The number of carbonyl (C=O) groups excluding carboxylic acids is 1. The summed E-state index contributed by atoms with van der Waals surface area (Å²) in [7, 11) is 0. The Hall–Kier alpha value is -1.31. The standard InChI is InChI=1S/C17H24O2/c1-3-4-17(18)19-16-11-9-15(10-12-16)14-7-5-13(2)6-8-14/h9-14H,3-8H2,1-2H3. The van der Waals surface area contributed by atoms with Crippen LogP contribution in [0.1, 0.15) is 63.9 Å². The minimum atomic E-state index is -0.137. The molecule has 2 nitrogen and oxygen atoms in total. The summed E-state index contributed by atoms with van der Waals surface area (Å²) in [5.74, 6) is 2.11. The van der Waals surface area contributed by atoms with Crippen molar-refractivity contribution in [3.8, 4) is 5.75 Å². The molecule has 1 aliphatic carbocycles. The summed E-state index contributed by atoms with van der Waals surface area (Å²) >= 11 is 0. The van der Waals surface area contributed by atoms with Crippen LogP contribution in [0, 0.1) is 5.92 Å². The highest BCUT2D eigenvalue weighted by Crippen LogP contribution is 2.35. The molecule has 0 heterocycles. The highest BCUT2D eigenvalue weighted by atomic mass is 16.5. The Morgan fingerprint density at radius 3 is 2.37 bits per heavy atom. The smallest absolute Gasteiger partial charge is 0.311 e. The van der Waals surface area contributed by atoms with E-state index >= 15 is 0 Å². The van der Waals surface area contributed by atoms with Crippen LogP contribution in [-0.4, -0.2) is 5.97 Å². The maximum Gasteiger partial charge on any atom is 0.311 e. The lowest BCUT2D eigenvalue weighted by atomic mass is 9.79. The molecule has 1 saturated carbocycles. The van der Waals surface area contributed by atoms with Crippen molar-refractivity contribution >= 4 is 5.97 Å². The Balaban J connectivity index is 1.92. The van der Waals surface area contributed by atoms with Gasteiger partial charge in [-0.15, -0.1) is 0 Å². The van der Waals surface area contributed by atoms with E-state index in [9.17, 15) is 4.79 Å². The minimum Gasteiger partial charge on any atom is -0.427 e. The number of carbonyl (C=O) groups is 1. The Kier molecular flexibility index (Phi) is 5.00. The van der Waals surface area contributed by atoms with E-state index in [1.807, 2.05) is 19.1 Å². The quantitative estimate of drug-likeness (QED) is 0.580. The van der Waals surface area contributed by atoms with Crippen LogP contribution < -0.4 is 4.74 Å². The van der Waals surface area contributed by atoms with Crippen LogP contribution in [-0.2, 0) is 4.79 Å². The number of esters is 1. The van der Waals surface area contributed by atoms with Crippen molar-refractivity contribution < 1.29 is 9.53 Å². The van der Waals surface area contributed by atoms with E-state index in [-0.39, 0.29) is 5.97 Å². The number of hydrogen-bond acceptors (Lipinski definition) is 2. The van der Waals surface area contributed by atoms with Crippen molar-refractivity contribution in [1.29, 1.82) is 0 Å². The van der Waals surface area contributed by atoms with Crippen molar-refractivity contribution in [1.82, 2.24) is 0 Å². The predicted molar refractivity (Wildman–Crippen MR) is 77.4 cm³/mol. The van der Waals surface area contributed by atoms with Crippen molar-refractivity contribution in [3.63, 3.8) is 0 Å². The van der Waals surface area contributed by atoms with Gasteiger partial charge in [-0.3, -0.25) is 4.79 Å². The van der Waals surface area contributed by atoms with Crippen molar-refractivity contribution in [3.05, 3.63) is 29.8 Å². The summed E-state index contributed by atoms with van der Waals surface area (Å²) in [5.41, 5.74) is 1.39. The van der Waals surface area contributed by atoms with Crippen molar-refractivity contribution in [2.75, 3.05) is 0 Å². The van der Waals surface area contributed by atoms with Crippen LogP contribution >= 0.6 is 0 Å². The SMILES string of the molecule is CCCC(=O)Oc1ccc(C2CCC(C)CC2)cc1. The molecule has 0 saturated heterocycles. The lowest BCUT2D eigenvalue weighted by Gasteiger charge is -2.26. The lowest BCUT2D eigenvalue weighted by molar-refractivity contribution is -0.134. The molecule has 104 valence electrons. The van der Waals surface area contributed by atoms with Crippen LogP contribution in [0.25, 0.3) is 0 Å². The second kappa shape index (κ2) is 6.74. The van der Waals surface area contributed by atoms with Gasteiger partial charge in [0.15, 0.2) is 0 Å². The molecule has 0 spiro atoms. The molecule has 0 atom stereocenters. The fourth-order valence-electron chi connectivity index (χ4n) is 2.79. The molecule has 1 aliphatic rings. The van der Waals surface area contributed by atoms with Gasteiger partial charge in [0.1, 0.15) is 5.75 Å². The highest BCUT2D eigenvalue weighted by molar-refractivity contribution is 5.72. The molecular formula is C17H24O2. The first-order valence-electron chi connectivity index (χ1n) is 7.49. The second-order valence-electron chi connectivity index (χ2n) is 5.75. The summed E-state index contributed by atoms with van der Waals surface area (Å²) in [6.45, 7) is 4.32. The first-order chi connectivity index (χ1) is 9.19. The van der Waals surface area contributed by atoms with E-state index < -0.39 is 0 Å². The van der Waals surface area contributed by atoms with Gasteiger partial charge in [-0.1, -0.05) is 38.8 Å². The van der Waals surface area contributed by atoms with Gasteiger partial charge in [0.25, 0.3) is 0 Å². The van der Waals surface area contributed by atoms with Gasteiger partial charge < -0.3 is 4.74 Å². The molecule has 2 heteroatoms. The van der Waals surface area contributed by atoms with Gasteiger partial charge in [0, 0.05) is 6.42 Å². The summed E-state index contributed by atoms with van der Waals surface area (Å²) in [6, 6.07) is 8.10. The number of ether oxygens (including phenoxy) is 1. The Morgan fingerprint density at radius 2 is 1.79 bits per heavy atom. The lowest BCUT2D eigenvalue weighted by Crippen LogP contribution is -2.11. The third kappa shape index (κ3) is 4.09. The molecule has 0 aliphatic heterocycles. The Morgan fingerprint density at radius 1 is 1.16 bits per heavy atom. The molecular weight excluding hydrogens is 236 g/mol. The summed E-state index contributed by atoms with van der Waals surface area (Å²) in [4.78, 5) is 11.4. The largest absolute Gasteiger partial charge is 0.427 e. The van der Waals surface area contributed by atoms with Gasteiger partial charge in [0.2, 0.25) is 0 Å². The molecule has 1 fully saturated rings. The Labute approximate surface area is 116 Å². The van der Waals surface area contributed by atoms with E-state index in [1.165, 1.54) is 31.2 Å². The maximum atomic E-state index is 11.4. The summed E-state index contributed by atoms with van der Waals surface area (Å²) in [5, 5.41) is 0. The number of hydrogen-bond donors (Lipinski definition) is 0. The van der Waals surface area contributed by atoms with Crippen LogP contribution in [0.5, 0.6) is 5.75 Å². The van der Waals surface area contributed by atoms with Crippen LogP contribution in [0.3, 0.4) is 0 Å². The Bertz CT molecular complexity index is 400. The van der Waals surface area contributed by atoms with E-state index in [4.69, 9.17) is 4.74 Å². The third-order valence-corrected chi connectivity index (χ3v) is 4.05. The molecule has 19 heavy (non-hydrogen) atoms. The van der Waals surface area contributed by atoms with Crippen LogP contribution in [0.2, 0.25) is 0 Å². The van der Waals surface area contributed by atoms with Gasteiger partial charge in [-0.2, -0.15) is 0 Å². The first kappa shape index (κ1) is 14.1. The van der Waals surface area contributed by atoms with Crippen molar-refractivity contribution in [2.45, 2.75) is 58.3 Å². The van der Waals surface area contributed by atoms with Gasteiger partial charge in [0.05, 0.1) is 0 Å². The average Bonchev–Trinajstić information content (AvgIpc) is 2.41. The predicted octanol–water partition coefficient (Wildman–Crippen LogP) is 4.69. The minimum absolute atomic E-state index is 0.137. The zero-order valence-electron chi connectivity index (χ0n) is 12.0. The molecule has 0 N–H and O–H groups in total. The molecule has 0 amide bonds. The van der Waals surface area contributed by atoms with Crippen LogP contribution in [0.15, 0.2) is 24.3 Å². The van der Waals surface area contributed by atoms with E-state index in [1.54, 1.807) is 0 Å². The molecule has 0 aromatic heterocycles. The third-order valence-electron chi connectivity index (χ3n) is 4.05. The van der Waals surface area contributed by atoms with E-state index in [0.717, 1.165) is 12.3 Å². The summed E-state index contributed by atoms with van der Waals surface area (Å²) < 4.78 is 5.28. The first-order valence-corrected chi connectivity index (χ1v) is 7.49. The zero-order valence-corrected chi connectivity index (χ0v) is 12.0. The maximum absolute atomic E-state index is 11.4. The molecule has 2 rings (SSSR count). The molecule has 0 bridgehead atoms. The molecule has 1 aromatic carbocycles. The molecule has 0 unspecified atom stereocenters. The second-order valence-corrected chi connectivity index (χ2v) is 5.75. The summed E-state index contributed by atoms with van der Waals surface area (Å²) in [6.07, 6.45) is 6.56. The normalized spacial score (nSPS) is 23.1. The fraction of sp³-hybridized carbons (Fsp3) is 0.588. The molecule has 0 radical (unpaired) electrons. The monoisotopic (exact) mass is 260 g/mol. The topological polar surface area (TPSA) is 26.3 Å². The van der Waals surface area contributed by atoms with E-state index in [0.29, 0.717) is 18.1 Å². The van der Waals surface area contributed by atoms with Crippen molar-refractivity contribution in [2.24, 2.45) is 5.92 Å². The average molecular weight is 260 g/mol. The zero-order chi connectivity index (χ0) is 13.7. The van der Waals surface area contributed by atoms with Gasteiger partial charge in [-0.05, 0) is 48.8 Å². The molecule has 1 aromatic rings. The van der Waals surface area contributed by atoms with Crippen LogP contribution in [0.4, 0.5) is 0 Å². The number of rotatable bonds is 4.